The predicted octanol–water partition coefficient (Wildman–Crippen LogP) is 9.81. The standard InChI is InChI=1S/C44H69N6O8P/c1-5-6-7-8-9-10-11-12-13-14-15-16-17-18-19-20-27-54-31-40(55-30-37-21-22-38(29-45)42(28-37)58-36(2)3)32-56-59(51,52)57-34-44(33-46,53-4)26-25-39-23-24-41-43(47)48-35-49-50(39)41/h21-24,28,35-36,40H,5-20,25-27,30-32,34H2,1-4H3,(H,51,52)(H2,47,48,49). The van der Waals surface area contributed by atoms with Gasteiger partial charge >= 0.3 is 7.82 Å². The van der Waals surface area contributed by atoms with Gasteiger partial charge in [0, 0.05) is 19.4 Å². The summed E-state index contributed by atoms with van der Waals surface area (Å²) in [6.45, 7) is 5.92. The number of fused-ring (bicyclic) bond motifs is 1. The number of unbranched alkanes of at least 4 members (excludes halogenated alkanes) is 15. The molecule has 14 nitrogen and oxygen atoms in total. The third-order valence-corrected chi connectivity index (χ3v) is 11.2. The summed E-state index contributed by atoms with van der Waals surface area (Å²) in [6.07, 6.45) is 21.5. The van der Waals surface area contributed by atoms with Crippen LogP contribution in [0.4, 0.5) is 5.82 Å². The molecule has 1 aromatic carbocycles. The van der Waals surface area contributed by atoms with Gasteiger partial charge in [0.1, 0.15) is 42.4 Å². The molecule has 0 bridgehead atoms. The fraction of sp³-hybridized carbons (Fsp3) is 0.682. The molecule has 0 aliphatic heterocycles. The van der Waals surface area contributed by atoms with E-state index >= 15 is 0 Å². The first kappa shape index (κ1) is 49.8. The van der Waals surface area contributed by atoms with Crippen LogP contribution in [0.1, 0.15) is 147 Å². The first-order chi connectivity index (χ1) is 28.5. The Balaban J connectivity index is 1.45. The van der Waals surface area contributed by atoms with Gasteiger partial charge in [-0.15, -0.1) is 0 Å². The van der Waals surface area contributed by atoms with Crippen molar-refractivity contribution in [1.29, 1.82) is 10.5 Å². The zero-order valence-corrected chi connectivity index (χ0v) is 36.8. The van der Waals surface area contributed by atoms with Gasteiger partial charge in [-0.3, -0.25) is 9.05 Å². The Kier molecular flexibility index (Phi) is 23.6. The third-order valence-electron chi connectivity index (χ3n) is 10.3. The summed E-state index contributed by atoms with van der Waals surface area (Å²) in [4.78, 5) is 14.7. The molecule has 2 heterocycles. The van der Waals surface area contributed by atoms with Crippen molar-refractivity contribution in [2.45, 2.75) is 161 Å². The van der Waals surface area contributed by atoms with Crippen LogP contribution >= 0.6 is 7.82 Å². The molecule has 328 valence electrons. The normalized spacial score (nSPS) is 14.2. The number of aromatic nitrogens is 3. The highest BCUT2D eigenvalue weighted by Crippen LogP contribution is 2.44. The van der Waals surface area contributed by atoms with E-state index in [1.54, 1.807) is 28.8 Å². The first-order valence-electron chi connectivity index (χ1n) is 21.6. The minimum absolute atomic E-state index is 0.111. The second kappa shape index (κ2) is 28.0. The van der Waals surface area contributed by atoms with Gasteiger partial charge < -0.3 is 29.6 Å². The van der Waals surface area contributed by atoms with Crippen LogP contribution in [0, 0.1) is 22.7 Å². The number of methoxy groups -OCH3 is 1. The fourth-order valence-corrected chi connectivity index (χ4v) is 7.52. The lowest BCUT2D eigenvalue weighted by Gasteiger charge is -2.26. The van der Waals surface area contributed by atoms with E-state index in [0.29, 0.717) is 35.7 Å². The lowest BCUT2D eigenvalue weighted by atomic mass is 9.99. The average Bonchev–Trinajstić information content (AvgIpc) is 3.65. The number of nitrogens with zero attached hydrogens (tertiary/aromatic N) is 5. The zero-order valence-electron chi connectivity index (χ0n) is 35.9. The number of ether oxygens (including phenoxy) is 4. The van der Waals surface area contributed by atoms with E-state index in [1.807, 2.05) is 19.9 Å². The van der Waals surface area contributed by atoms with Gasteiger partial charge in [0.15, 0.2) is 11.4 Å². The summed E-state index contributed by atoms with van der Waals surface area (Å²) < 4.78 is 48.9. The molecule has 3 rings (SSSR count). The van der Waals surface area contributed by atoms with E-state index in [-0.39, 0.29) is 32.3 Å². The molecule has 15 heteroatoms. The van der Waals surface area contributed by atoms with Gasteiger partial charge in [-0.25, -0.2) is 14.1 Å². The third kappa shape index (κ3) is 19.1. The van der Waals surface area contributed by atoms with Gasteiger partial charge in [-0.1, -0.05) is 109 Å². The van der Waals surface area contributed by atoms with Crippen molar-refractivity contribution in [3.63, 3.8) is 0 Å². The molecule has 3 unspecified atom stereocenters. The van der Waals surface area contributed by atoms with Crippen molar-refractivity contribution in [3.05, 3.63) is 53.5 Å². The second-order valence-corrected chi connectivity index (χ2v) is 17.0. The number of nitriles is 2. The molecule has 0 aliphatic rings. The lowest BCUT2D eigenvalue weighted by Crippen LogP contribution is -2.36. The molecule has 2 aromatic heterocycles. The maximum absolute atomic E-state index is 13.1. The van der Waals surface area contributed by atoms with Gasteiger partial charge in [-0.05, 0) is 62.9 Å². The van der Waals surface area contributed by atoms with Crippen LogP contribution in [0.3, 0.4) is 0 Å². The molecular weight excluding hydrogens is 771 g/mol. The van der Waals surface area contributed by atoms with Gasteiger partial charge in [0.2, 0.25) is 0 Å². The zero-order chi connectivity index (χ0) is 42.8. The fourth-order valence-electron chi connectivity index (χ4n) is 6.72. The lowest BCUT2D eigenvalue weighted by molar-refractivity contribution is -0.0554. The predicted molar refractivity (Wildman–Crippen MR) is 229 cm³/mol. The summed E-state index contributed by atoms with van der Waals surface area (Å²) in [6, 6.07) is 13.0. The number of hydrogen-bond donors (Lipinski definition) is 2. The van der Waals surface area contributed by atoms with Crippen molar-refractivity contribution in [2.75, 3.05) is 39.3 Å². The molecule has 0 radical (unpaired) electrons. The Labute approximate surface area is 352 Å². The number of nitrogen functional groups attached to an aromatic ring is 1. The minimum atomic E-state index is -4.67. The van der Waals surface area contributed by atoms with Gasteiger partial charge in [-0.2, -0.15) is 15.6 Å². The quantitative estimate of drug-likeness (QED) is 0.0426. The number of hydrogen-bond acceptors (Lipinski definition) is 12. The molecule has 3 N–H and O–H groups in total. The number of rotatable bonds is 34. The topological polar surface area (TPSA) is 196 Å². The Morgan fingerprint density at radius 2 is 1.54 bits per heavy atom. The number of phosphoric acid groups is 1. The van der Waals surface area contributed by atoms with Crippen molar-refractivity contribution >= 4 is 19.2 Å². The molecule has 0 saturated heterocycles. The molecule has 0 saturated carbocycles. The monoisotopic (exact) mass is 840 g/mol. The Hall–Kier alpha value is -3.59. The van der Waals surface area contributed by atoms with Crippen LogP contribution in [0.5, 0.6) is 5.75 Å². The van der Waals surface area contributed by atoms with Crippen molar-refractivity contribution in [3.8, 4) is 17.9 Å². The smallest absolute Gasteiger partial charge is 0.472 e. The number of aryl methyl sites for hydroxylation is 1. The molecule has 59 heavy (non-hydrogen) atoms. The number of nitrogens with two attached hydrogens (primary N) is 1. The molecule has 3 aromatic rings. The average molecular weight is 841 g/mol. The van der Waals surface area contributed by atoms with Crippen molar-refractivity contribution in [2.24, 2.45) is 0 Å². The highest BCUT2D eigenvalue weighted by Gasteiger charge is 2.35. The van der Waals surface area contributed by atoms with E-state index in [9.17, 15) is 20.0 Å². The van der Waals surface area contributed by atoms with E-state index in [4.69, 9.17) is 33.7 Å². The summed E-state index contributed by atoms with van der Waals surface area (Å²) in [5.41, 5.74) is 6.92. The second-order valence-electron chi connectivity index (χ2n) is 15.5. The van der Waals surface area contributed by atoms with Crippen LogP contribution in [0.25, 0.3) is 5.52 Å². The number of anilines is 1. The Morgan fingerprint density at radius 3 is 2.14 bits per heavy atom. The highest BCUT2D eigenvalue weighted by atomic mass is 31.2. The largest absolute Gasteiger partial charge is 0.490 e. The Morgan fingerprint density at radius 1 is 0.898 bits per heavy atom. The molecule has 0 aliphatic carbocycles. The SMILES string of the molecule is CCCCCCCCCCCCCCCCCCOCC(COP(=O)(O)OCC(C#N)(CCc1ccc2c(N)ncnn12)OC)OCc1ccc(C#N)c(OC(C)C)c1. The van der Waals surface area contributed by atoms with Crippen molar-refractivity contribution in [1.82, 2.24) is 14.6 Å². The van der Waals surface area contributed by atoms with Gasteiger partial charge in [0.05, 0.1) is 31.5 Å². The van der Waals surface area contributed by atoms with Crippen LogP contribution in [0.15, 0.2) is 36.7 Å². The van der Waals surface area contributed by atoms with Crippen LogP contribution < -0.4 is 10.5 Å². The summed E-state index contributed by atoms with van der Waals surface area (Å²) in [7, 11) is -3.33. The maximum Gasteiger partial charge on any atom is 0.472 e. The van der Waals surface area contributed by atoms with E-state index in [1.165, 1.54) is 96.9 Å². The highest BCUT2D eigenvalue weighted by molar-refractivity contribution is 7.47. The first-order valence-corrected chi connectivity index (χ1v) is 23.1. The van der Waals surface area contributed by atoms with E-state index in [0.717, 1.165) is 30.5 Å². The van der Waals surface area contributed by atoms with E-state index in [2.05, 4.69) is 29.1 Å². The van der Waals surface area contributed by atoms with Crippen LogP contribution in [-0.4, -0.2) is 70.8 Å². The Bertz CT molecular complexity index is 1760. The summed E-state index contributed by atoms with van der Waals surface area (Å²) >= 11 is 0. The van der Waals surface area contributed by atoms with Crippen LogP contribution in [-0.2, 0) is 40.9 Å². The molecular formula is C44H69N6O8P. The molecule has 0 fully saturated rings. The number of phosphoric ester groups is 1. The number of benzene rings is 1. The van der Waals surface area contributed by atoms with Gasteiger partial charge in [0.25, 0.3) is 0 Å². The molecule has 0 spiro atoms. The summed E-state index contributed by atoms with van der Waals surface area (Å²) in [5, 5.41) is 23.8. The maximum atomic E-state index is 13.1. The molecule has 0 amide bonds. The van der Waals surface area contributed by atoms with E-state index < -0.39 is 26.1 Å². The minimum Gasteiger partial charge on any atom is -0.490 e. The van der Waals surface area contributed by atoms with Crippen LogP contribution in [0.2, 0.25) is 0 Å². The molecule has 3 atom stereocenters. The van der Waals surface area contributed by atoms with Crippen molar-refractivity contribution < 1.29 is 37.5 Å². The summed E-state index contributed by atoms with van der Waals surface area (Å²) in [5.74, 6) is 0.770.